The summed E-state index contributed by atoms with van der Waals surface area (Å²) < 4.78 is 18.5. The summed E-state index contributed by atoms with van der Waals surface area (Å²) in [6.07, 6.45) is 3.59. The average Bonchev–Trinajstić information content (AvgIpc) is 2.76. The summed E-state index contributed by atoms with van der Waals surface area (Å²) in [5.41, 5.74) is -0.485. The van der Waals surface area contributed by atoms with Gasteiger partial charge in [0.1, 0.15) is 0 Å². The van der Waals surface area contributed by atoms with Crippen LogP contribution in [-0.2, 0) is 24.0 Å². The lowest BCUT2D eigenvalue weighted by Gasteiger charge is -2.60. The van der Waals surface area contributed by atoms with Crippen molar-refractivity contribution < 1.29 is 24.0 Å². The Morgan fingerprint density at radius 3 is 2.74 bits per heavy atom. The molecule has 4 saturated heterocycles. The molecule has 0 N–H and O–H groups in total. The molecule has 23 heavy (non-hydrogen) atoms. The van der Waals surface area contributed by atoms with Crippen molar-refractivity contribution in [3.8, 4) is 0 Å². The molecule has 0 aromatic rings. The maximum Gasteiger partial charge on any atom is 0.201 e. The zero-order chi connectivity index (χ0) is 16.2. The van der Waals surface area contributed by atoms with E-state index in [9.17, 15) is 0 Å². The molecule has 4 aliphatic heterocycles. The average molecular weight is 391 g/mol. The predicted molar refractivity (Wildman–Crippen MR) is 86.6 cm³/mol. The smallest absolute Gasteiger partial charge is 0.201 e. The van der Waals surface area contributed by atoms with Crippen LogP contribution in [0.4, 0.5) is 0 Å². The highest BCUT2D eigenvalue weighted by Crippen LogP contribution is 2.60. The van der Waals surface area contributed by atoms with Gasteiger partial charge in [-0.25, -0.2) is 9.78 Å². The minimum absolute atomic E-state index is 0.242. The summed E-state index contributed by atoms with van der Waals surface area (Å²) >= 11 is 3.42. The zero-order valence-corrected chi connectivity index (χ0v) is 15.7. The van der Waals surface area contributed by atoms with Gasteiger partial charge in [0.25, 0.3) is 0 Å². The lowest BCUT2D eigenvalue weighted by Crippen LogP contribution is -2.70. The molecule has 0 aromatic carbocycles. The first kappa shape index (κ1) is 16.7. The van der Waals surface area contributed by atoms with Crippen molar-refractivity contribution in [3.63, 3.8) is 0 Å². The largest absolute Gasteiger partial charge is 0.351 e. The lowest BCUT2D eigenvalue weighted by atomic mass is 9.58. The molecular weight excluding hydrogens is 364 g/mol. The molecule has 5 aliphatic rings. The monoisotopic (exact) mass is 390 g/mol. The fourth-order valence-corrected chi connectivity index (χ4v) is 5.41. The number of rotatable bonds is 3. The Balaban J connectivity index is 1.70. The van der Waals surface area contributed by atoms with Crippen molar-refractivity contribution >= 4 is 15.9 Å². The summed E-state index contributed by atoms with van der Waals surface area (Å²) in [5, 5.41) is 0.803. The van der Waals surface area contributed by atoms with Crippen molar-refractivity contribution in [1.82, 2.24) is 0 Å². The predicted octanol–water partition coefficient (Wildman–Crippen LogP) is 3.61. The second kappa shape index (κ2) is 5.92. The molecule has 2 bridgehead atoms. The van der Waals surface area contributed by atoms with Crippen LogP contribution in [0.2, 0.25) is 0 Å². The van der Waals surface area contributed by atoms with Crippen LogP contribution in [0, 0.1) is 23.7 Å². The van der Waals surface area contributed by atoms with Gasteiger partial charge < -0.3 is 14.2 Å². The van der Waals surface area contributed by atoms with E-state index in [-0.39, 0.29) is 12.2 Å². The molecule has 1 saturated carbocycles. The van der Waals surface area contributed by atoms with Gasteiger partial charge in [-0.15, -0.1) is 0 Å². The first-order valence-corrected chi connectivity index (χ1v) is 10.00. The maximum absolute atomic E-state index is 6.29. The molecule has 5 fully saturated rings. The molecule has 5 nitrogen and oxygen atoms in total. The Kier molecular flexibility index (Phi) is 4.31. The van der Waals surface area contributed by atoms with Gasteiger partial charge in [-0.1, -0.05) is 29.8 Å². The van der Waals surface area contributed by atoms with Gasteiger partial charge in [0.15, 0.2) is 18.2 Å². The van der Waals surface area contributed by atoms with Gasteiger partial charge in [-0.05, 0) is 38.0 Å². The van der Waals surface area contributed by atoms with E-state index in [1.165, 1.54) is 6.42 Å². The van der Waals surface area contributed by atoms with E-state index in [0.717, 1.165) is 24.6 Å². The van der Waals surface area contributed by atoms with Crippen molar-refractivity contribution in [1.29, 1.82) is 0 Å². The van der Waals surface area contributed by atoms with Crippen molar-refractivity contribution in [2.24, 2.45) is 23.7 Å². The zero-order valence-electron chi connectivity index (χ0n) is 14.1. The highest BCUT2D eigenvalue weighted by molar-refractivity contribution is 9.09. The normalized spacial score (nSPS) is 55.3. The van der Waals surface area contributed by atoms with E-state index in [0.29, 0.717) is 24.4 Å². The standard InChI is InChI=1S/C17H27BrO5/c1-10-4-5-13-11(2)14(19-9-8-18)20-15-17(13)12(10)6-7-16(3,21-15)22-23-17/h10-15H,4-9H2,1-3H3/t10-,11-,12+,13+,14+,15-,16+,17-/m1/s1. The van der Waals surface area contributed by atoms with Gasteiger partial charge in [0.2, 0.25) is 5.79 Å². The third kappa shape index (κ3) is 2.44. The van der Waals surface area contributed by atoms with Gasteiger partial charge >= 0.3 is 0 Å². The minimum atomic E-state index is -0.710. The van der Waals surface area contributed by atoms with Crippen LogP contribution in [0.5, 0.6) is 0 Å². The summed E-state index contributed by atoms with van der Waals surface area (Å²) in [7, 11) is 0. The van der Waals surface area contributed by atoms with Crippen LogP contribution >= 0.6 is 15.9 Å². The maximum atomic E-state index is 6.29. The lowest BCUT2D eigenvalue weighted by molar-refractivity contribution is -0.577. The Hall–Kier alpha value is 0.280. The van der Waals surface area contributed by atoms with E-state index in [1.54, 1.807) is 0 Å². The van der Waals surface area contributed by atoms with Crippen LogP contribution in [0.3, 0.4) is 0 Å². The van der Waals surface area contributed by atoms with Gasteiger partial charge in [-0.3, -0.25) is 0 Å². The summed E-state index contributed by atoms with van der Waals surface area (Å²) in [6, 6.07) is 0. The number of hydrogen-bond acceptors (Lipinski definition) is 5. The van der Waals surface area contributed by atoms with Crippen molar-refractivity contribution in [2.45, 2.75) is 70.4 Å². The fraction of sp³-hybridized carbons (Fsp3) is 1.00. The highest BCUT2D eigenvalue weighted by atomic mass is 79.9. The molecule has 0 amide bonds. The van der Waals surface area contributed by atoms with Crippen LogP contribution in [0.1, 0.15) is 46.5 Å². The highest BCUT2D eigenvalue weighted by Gasteiger charge is 2.69. The molecule has 132 valence electrons. The number of fused-ring (bicyclic) bond motifs is 2. The number of ether oxygens (including phenoxy) is 3. The SMILES string of the molecule is C[C@H]1[C@@H](OCCBr)O[C@@H]2O[C@]3(C)CC[C@H]4[C@H](C)CC[C@@H]1[C@@]24OO3. The molecule has 6 heteroatoms. The molecular formula is C17H27BrO5. The molecule has 0 radical (unpaired) electrons. The van der Waals surface area contributed by atoms with Gasteiger partial charge in [0, 0.05) is 23.6 Å². The molecule has 4 heterocycles. The van der Waals surface area contributed by atoms with E-state index < -0.39 is 17.7 Å². The van der Waals surface area contributed by atoms with E-state index >= 15 is 0 Å². The molecule has 0 aromatic heterocycles. The van der Waals surface area contributed by atoms with Crippen LogP contribution in [0.25, 0.3) is 0 Å². The van der Waals surface area contributed by atoms with Gasteiger partial charge in [0.05, 0.1) is 6.61 Å². The first-order chi connectivity index (χ1) is 11.0. The van der Waals surface area contributed by atoms with Crippen molar-refractivity contribution in [2.75, 3.05) is 11.9 Å². The van der Waals surface area contributed by atoms with E-state index in [2.05, 4.69) is 29.8 Å². The van der Waals surface area contributed by atoms with E-state index in [1.807, 2.05) is 6.92 Å². The van der Waals surface area contributed by atoms with E-state index in [4.69, 9.17) is 24.0 Å². The topological polar surface area (TPSA) is 46.2 Å². The third-order valence-electron chi connectivity index (χ3n) is 6.46. The Labute approximate surface area is 146 Å². The number of alkyl halides is 1. The van der Waals surface area contributed by atoms with Gasteiger partial charge in [-0.2, -0.15) is 0 Å². The molecule has 8 atom stereocenters. The molecule has 0 unspecified atom stereocenters. The third-order valence-corrected chi connectivity index (χ3v) is 6.78. The Bertz CT molecular complexity index is 462. The summed E-state index contributed by atoms with van der Waals surface area (Å²) in [4.78, 5) is 11.9. The van der Waals surface area contributed by atoms with Crippen LogP contribution < -0.4 is 0 Å². The molecule has 1 aliphatic carbocycles. The quantitative estimate of drug-likeness (QED) is 0.544. The molecule has 1 spiro atoms. The minimum Gasteiger partial charge on any atom is -0.351 e. The van der Waals surface area contributed by atoms with Crippen LogP contribution in [0.15, 0.2) is 0 Å². The summed E-state index contributed by atoms with van der Waals surface area (Å²) in [6.45, 7) is 7.13. The van der Waals surface area contributed by atoms with Crippen molar-refractivity contribution in [3.05, 3.63) is 0 Å². The van der Waals surface area contributed by atoms with Crippen LogP contribution in [-0.4, -0.2) is 35.9 Å². The summed E-state index contributed by atoms with van der Waals surface area (Å²) in [5.74, 6) is 0.894. The number of hydrogen-bond donors (Lipinski definition) is 0. The fourth-order valence-electron chi connectivity index (χ4n) is 5.22. The molecule has 5 rings (SSSR count). The Morgan fingerprint density at radius 1 is 1.13 bits per heavy atom. The first-order valence-electron chi connectivity index (χ1n) is 8.88. The number of halogens is 1. The second-order valence-corrected chi connectivity index (χ2v) is 8.63. The second-order valence-electron chi connectivity index (χ2n) is 7.83. The Morgan fingerprint density at radius 2 is 1.96 bits per heavy atom.